The molecule has 0 spiro atoms. The number of hydrogen-bond donors (Lipinski definition) is 0. The first kappa shape index (κ1) is 12.8. The molecule has 2 bridgehead atoms. The molecule has 20 heavy (non-hydrogen) atoms. The van der Waals surface area contributed by atoms with E-state index in [1.54, 1.807) is 0 Å². The van der Waals surface area contributed by atoms with Crippen LogP contribution in [0, 0.1) is 11.8 Å². The molecule has 0 amide bonds. The Bertz CT molecular complexity index is 489. The van der Waals surface area contributed by atoms with Crippen LogP contribution in [0.1, 0.15) is 45.3 Å². The summed E-state index contributed by atoms with van der Waals surface area (Å²) in [6.07, 6.45) is 3.56. The summed E-state index contributed by atoms with van der Waals surface area (Å²) in [7, 11) is 0. The summed E-state index contributed by atoms with van der Waals surface area (Å²) in [5.74, 6) is 3.03. The lowest BCUT2D eigenvalue weighted by molar-refractivity contribution is 0.0693. The zero-order chi connectivity index (χ0) is 13.9. The summed E-state index contributed by atoms with van der Waals surface area (Å²) in [5.41, 5.74) is -0.0697. The minimum Gasteiger partial charge on any atom is -0.374 e. The van der Waals surface area contributed by atoms with Gasteiger partial charge in [0, 0.05) is 30.3 Å². The van der Waals surface area contributed by atoms with E-state index in [-0.39, 0.29) is 5.41 Å². The van der Waals surface area contributed by atoms with Crippen LogP contribution in [-0.4, -0.2) is 40.3 Å². The van der Waals surface area contributed by atoms with Crippen molar-refractivity contribution in [1.82, 2.24) is 15.0 Å². The van der Waals surface area contributed by atoms with Crippen molar-refractivity contribution < 1.29 is 9.26 Å². The summed E-state index contributed by atoms with van der Waals surface area (Å²) in [6.45, 7) is 9.36. The summed E-state index contributed by atoms with van der Waals surface area (Å²) < 4.78 is 11.4. The molecule has 3 fully saturated rings. The first-order chi connectivity index (χ1) is 9.50. The number of aromatic nitrogens is 2. The van der Waals surface area contributed by atoms with Crippen molar-refractivity contribution in [3.05, 3.63) is 11.7 Å². The largest absolute Gasteiger partial charge is 0.374 e. The van der Waals surface area contributed by atoms with Gasteiger partial charge < -0.3 is 9.26 Å². The molecule has 4 atom stereocenters. The quantitative estimate of drug-likeness (QED) is 0.827. The van der Waals surface area contributed by atoms with Gasteiger partial charge in [-0.15, -0.1) is 0 Å². The molecule has 4 heterocycles. The van der Waals surface area contributed by atoms with Crippen molar-refractivity contribution in [2.45, 2.75) is 57.8 Å². The molecular formula is C15H23N3O2. The Morgan fingerprint density at radius 2 is 1.80 bits per heavy atom. The van der Waals surface area contributed by atoms with Crippen LogP contribution in [0.5, 0.6) is 0 Å². The Hall–Kier alpha value is -0.940. The van der Waals surface area contributed by atoms with Gasteiger partial charge in [-0.2, -0.15) is 4.98 Å². The standard InChI is InChI=1S/C15H23N3O2/c1-15(2,3)14-16-13(17-20-14)8-18-6-9-10(7-18)12-5-4-11(9)19-12/h9-12H,4-8H2,1-3H3/t9-,10+,11+,12-. The highest BCUT2D eigenvalue weighted by Gasteiger charge is 2.52. The van der Waals surface area contributed by atoms with Gasteiger partial charge >= 0.3 is 0 Å². The van der Waals surface area contributed by atoms with Gasteiger partial charge in [0.05, 0.1) is 18.8 Å². The fourth-order valence-electron chi connectivity index (χ4n) is 4.00. The summed E-state index contributed by atoms with van der Waals surface area (Å²) >= 11 is 0. The number of nitrogens with zero attached hydrogens (tertiary/aromatic N) is 3. The smallest absolute Gasteiger partial charge is 0.232 e. The molecule has 3 aliphatic rings. The van der Waals surface area contributed by atoms with Gasteiger partial charge in [0.2, 0.25) is 5.89 Å². The van der Waals surface area contributed by atoms with E-state index < -0.39 is 0 Å². The molecule has 0 aliphatic carbocycles. The topological polar surface area (TPSA) is 51.4 Å². The van der Waals surface area contributed by atoms with Crippen molar-refractivity contribution in [2.75, 3.05) is 13.1 Å². The summed E-state index contributed by atoms with van der Waals surface area (Å²) in [6, 6.07) is 0. The molecule has 5 nitrogen and oxygen atoms in total. The van der Waals surface area contributed by atoms with Gasteiger partial charge in [-0.3, -0.25) is 4.90 Å². The second kappa shape index (κ2) is 4.28. The van der Waals surface area contributed by atoms with E-state index in [0.717, 1.165) is 43.2 Å². The van der Waals surface area contributed by atoms with Crippen molar-refractivity contribution in [2.24, 2.45) is 11.8 Å². The minimum atomic E-state index is -0.0697. The molecule has 3 saturated heterocycles. The second-order valence-electron chi connectivity index (χ2n) is 7.58. The molecule has 3 aliphatic heterocycles. The SMILES string of the molecule is CC(C)(C)c1nc(CN2C[C@@H]3[C@H](C2)[C@H]2CC[C@@H]3O2)no1. The number of fused-ring (bicyclic) bond motifs is 5. The van der Waals surface area contributed by atoms with E-state index in [2.05, 4.69) is 35.8 Å². The maximum Gasteiger partial charge on any atom is 0.232 e. The molecule has 1 aromatic heterocycles. The van der Waals surface area contributed by atoms with Gasteiger partial charge in [0.1, 0.15) is 0 Å². The highest BCUT2D eigenvalue weighted by Crippen LogP contribution is 2.47. The van der Waals surface area contributed by atoms with E-state index in [1.807, 2.05) is 0 Å². The van der Waals surface area contributed by atoms with E-state index in [0.29, 0.717) is 12.2 Å². The minimum absolute atomic E-state index is 0.0697. The number of likely N-dealkylation sites (tertiary alicyclic amines) is 1. The average molecular weight is 277 g/mol. The molecular weight excluding hydrogens is 254 g/mol. The van der Waals surface area contributed by atoms with Crippen LogP contribution in [0.15, 0.2) is 4.52 Å². The average Bonchev–Trinajstić information content (AvgIpc) is 3.08. The first-order valence-corrected chi connectivity index (χ1v) is 7.71. The monoisotopic (exact) mass is 277 g/mol. The Morgan fingerprint density at radius 3 is 2.35 bits per heavy atom. The van der Waals surface area contributed by atoms with E-state index in [4.69, 9.17) is 9.26 Å². The second-order valence-corrected chi connectivity index (χ2v) is 7.58. The van der Waals surface area contributed by atoms with E-state index >= 15 is 0 Å². The highest BCUT2D eigenvalue weighted by molar-refractivity contribution is 5.04. The maximum atomic E-state index is 6.01. The van der Waals surface area contributed by atoms with Gasteiger partial charge in [0.25, 0.3) is 0 Å². The fraction of sp³-hybridized carbons (Fsp3) is 0.867. The van der Waals surface area contributed by atoms with Crippen molar-refractivity contribution in [3.8, 4) is 0 Å². The van der Waals surface area contributed by atoms with Gasteiger partial charge in [-0.1, -0.05) is 25.9 Å². The molecule has 0 radical (unpaired) electrons. The molecule has 110 valence electrons. The molecule has 0 unspecified atom stereocenters. The van der Waals surface area contributed by atoms with Crippen LogP contribution in [0.2, 0.25) is 0 Å². The Balaban J connectivity index is 1.42. The predicted molar refractivity (Wildman–Crippen MR) is 73.2 cm³/mol. The normalized spacial score (nSPS) is 36.8. The van der Waals surface area contributed by atoms with E-state index in [1.165, 1.54) is 12.8 Å². The van der Waals surface area contributed by atoms with Crippen LogP contribution in [-0.2, 0) is 16.7 Å². The number of hydrogen-bond acceptors (Lipinski definition) is 5. The molecule has 1 aromatic rings. The summed E-state index contributed by atoms with van der Waals surface area (Å²) in [4.78, 5) is 7.01. The molecule has 0 N–H and O–H groups in total. The number of rotatable bonds is 2. The predicted octanol–water partition coefficient (Wildman–Crippen LogP) is 1.98. The lowest BCUT2D eigenvalue weighted by Gasteiger charge is -2.18. The zero-order valence-electron chi connectivity index (χ0n) is 12.5. The fourth-order valence-corrected chi connectivity index (χ4v) is 4.00. The number of ether oxygens (including phenoxy) is 1. The van der Waals surface area contributed by atoms with Crippen LogP contribution in [0.4, 0.5) is 0 Å². The van der Waals surface area contributed by atoms with Crippen LogP contribution < -0.4 is 0 Å². The maximum absolute atomic E-state index is 6.01. The van der Waals surface area contributed by atoms with Gasteiger partial charge in [-0.25, -0.2) is 0 Å². The lowest BCUT2D eigenvalue weighted by atomic mass is 9.82. The van der Waals surface area contributed by atoms with Crippen LogP contribution >= 0.6 is 0 Å². The van der Waals surface area contributed by atoms with Gasteiger partial charge in [0.15, 0.2) is 5.82 Å². The third-order valence-electron chi connectivity index (χ3n) is 5.00. The molecule has 0 saturated carbocycles. The highest BCUT2D eigenvalue weighted by atomic mass is 16.5. The Labute approximate surface area is 119 Å². The third-order valence-corrected chi connectivity index (χ3v) is 5.00. The van der Waals surface area contributed by atoms with E-state index in [9.17, 15) is 0 Å². The van der Waals surface area contributed by atoms with Crippen LogP contribution in [0.25, 0.3) is 0 Å². The summed E-state index contributed by atoms with van der Waals surface area (Å²) in [5, 5.41) is 4.13. The lowest BCUT2D eigenvalue weighted by Crippen LogP contribution is -2.25. The van der Waals surface area contributed by atoms with Gasteiger partial charge in [-0.05, 0) is 12.8 Å². The van der Waals surface area contributed by atoms with Crippen molar-refractivity contribution in [1.29, 1.82) is 0 Å². The van der Waals surface area contributed by atoms with Crippen molar-refractivity contribution >= 4 is 0 Å². The molecule has 4 rings (SSSR count). The Morgan fingerprint density at radius 1 is 1.15 bits per heavy atom. The first-order valence-electron chi connectivity index (χ1n) is 7.71. The molecule has 5 heteroatoms. The molecule has 0 aromatic carbocycles. The zero-order valence-corrected chi connectivity index (χ0v) is 12.5. The third kappa shape index (κ3) is 1.99. The van der Waals surface area contributed by atoms with Crippen LogP contribution in [0.3, 0.4) is 0 Å². The Kier molecular flexibility index (Phi) is 2.73. The van der Waals surface area contributed by atoms with Crippen molar-refractivity contribution in [3.63, 3.8) is 0 Å².